The second kappa shape index (κ2) is 9.10. The fourth-order valence-electron chi connectivity index (χ4n) is 3.00. The molecule has 4 rings (SSSR count). The Kier molecular flexibility index (Phi) is 6.20. The van der Waals surface area contributed by atoms with E-state index >= 15 is 0 Å². The van der Waals surface area contributed by atoms with Gasteiger partial charge in [-0.2, -0.15) is 13.2 Å². The average molecular weight is 533 g/mol. The molecule has 34 heavy (non-hydrogen) atoms. The van der Waals surface area contributed by atoms with Crippen LogP contribution >= 0.6 is 15.9 Å². The fourth-order valence-corrected chi connectivity index (χ4v) is 3.45. The Labute approximate surface area is 198 Å². The van der Waals surface area contributed by atoms with Crippen LogP contribution in [-0.2, 0) is 15.7 Å². The number of aliphatic imine (C=N–C) groups is 1. The Morgan fingerprint density at radius 3 is 2.41 bits per heavy atom. The van der Waals surface area contributed by atoms with Crippen LogP contribution < -0.4 is 4.74 Å². The first-order valence-electron chi connectivity index (χ1n) is 9.53. The standard InChI is InChI=1S/C23H12BrF3N2O5/c24-17-4-2-1-3-16(17)21-28-18(22(30)34-21)11-13-5-8-15(9-6-13)33-20-10-7-14(23(25,26)27)12-19(20)29(31)32/h1-12H/b18-11-. The third-order valence-corrected chi connectivity index (χ3v) is 5.31. The zero-order valence-corrected chi connectivity index (χ0v) is 18.5. The predicted molar refractivity (Wildman–Crippen MR) is 119 cm³/mol. The maximum Gasteiger partial charge on any atom is 0.416 e. The van der Waals surface area contributed by atoms with E-state index in [0.29, 0.717) is 27.7 Å². The molecule has 0 saturated carbocycles. The van der Waals surface area contributed by atoms with Crippen LogP contribution in [-0.4, -0.2) is 16.8 Å². The van der Waals surface area contributed by atoms with Crippen molar-refractivity contribution in [2.45, 2.75) is 6.18 Å². The van der Waals surface area contributed by atoms with E-state index in [1.807, 2.05) is 6.07 Å². The Balaban J connectivity index is 1.55. The monoisotopic (exact) mass is 532 g/mol. The van der Waals surface area contributed by atoms with E-state index in [9.17, 15) is 28.1 Å². The van der Waals surface area contributed by atoms with Crippen molar-refractivity contribution in [3.8, 4) is 11.5 Å². The van der Waals surface area contributed by atoms with Crippen LogP contribution in [0.4, 0.5) is 18.9 Å². The number of rotatable bonds is 5. The lowest BCUT2D eigenvalue weighted by molar-refractivity contribution is -0.385. The van der Waals surface area contributed by atoms with Gasteiger partial charge >= 0.3 is 17.8 Å². The zero-order chi connectivity index (χ0) is 24.5. The van der Waals surface area contributed by atoms with E-state index in [1.165, 1.54) is 18.2 Å². The molecular weight excluding hydrogens is 521 g/mol. The normalized spacial score (nSPS) is 14.6. The number of hydrogen-bond donors (Lipinski definition) is 0. The maximum atomic E-state index is 12.9. The third-order valence-electron chi connectivity index (χ3n) is 4.62. The number of carbonyl (C=O) groups excluding carboxylic acids is 1. The van der Waals surface area contributed by atoms with Crippen LogP contribution in [0.3, 0.4) is 0 Å². The summed E-state index contributed by atoms with van der Waals surface area (Å²) in [5.41, 5.74) is -0.736. The molecule has 0 radical (unpaired) electrons. The molecule has 0 bridgehead atoms. The van der Waals surface area contributed by atoms with Crippen molar-refractivity contribution in [2.75, 3.05) is 0 Å². The summed E-state index contributed by atoms with van der Waals surface area (Å²) in [6, 6.07) is 15.1. The molecule has 7 nitrogen and oxygen atoms in total. The Hall–Kier alpha value is -3.99. The zero-order valence-electron chi connectivity index (χ0n) is 16.9. The van der Waals surface area contributed by atoms with Crippen molar-refractivity contribution in [2.24, 2.45) is 4.99 Å². The minimum Gasteiger partial charge on any atom is -0.450 e. The van der Waals surface area contributed by atoms with Gasteiger partial charge in [-0.1, -0.05) is 24.3 Å². The first kappa shape index (κ1) is 23.2. The number of benzene rings is 3. The summed E-state index contributed by atoms with van der Waals surface area (Å²) in [7, 11) is 0. The first-order valence-corrected chi connectivity index (χ1v) is 10.3. The molecule has 1 aliphatic heterocycles. The highest BCUT2D eigenvalue weighted by Gasteiger charge is 2.33. The molecule has 0 aromatic heterocycles. The molecule has 3 aromatic carbocycles. The molecule has 1 heterocycles. The van der Waals surface area contributed by atoms with Crippen LogP contribution in [0.1, 0.15) is 16.7 Å². The summed E-state index contributed by atoms with van der Waals surface area (Å²) in [6.07, 6.45) is -3.24. The van der Waals surface area contributed by atoms with Gasteiger partial charge in [-0.15, -0.1) is 0 Å². The molecule has 0 N–H and O–H groups in total. The van der Waals surface area contributed by atoms with E-state index in [4.69, 9.17) is 9.47 Å². The molecule has 0 atom stereocenters. The van der Waals surface area contributed by atoms with Gasteiger partial charge in [0.05, 0.1) is 16.1 Å². The summed E-state index contributed by atoms with van der Waals surface area (Å²) in [5.74, 6) is -0.674. The SMILES string of the molecule is O=C1OC(c2ccccc2Br)=N/C1=C\c1ccc(Oc2ccc(C(F)(F)F)cc2[N+](=O)[O-])cc1. The largest absolute Gasteiger partial charge is 0.450 e. The lowest BCUT2D eigenvalue weighted by Gasteiger charge is -2.10. The van der Waals surface area contributed by atoms with Crippen molar-refractivity contribution in [3.63, 3.8) is 0 Å². The Morgan fingerprint density at radius 1 is 1.06 bits per heavy atom. The first-order chi connectivity index (χ1) is 16.1. The topological polar surface area (TPSA) is 91.0 Å². The van der Waals surface area contributed by atoms with Gasteiger partial charge in [-0.3, -0.25) is 10.1 Å². The number of nitro groups is 1. The molecule has 11 heteroatoms. The Morgan fingerprint density at radius 2 is 1.76 bits per heavy atom. The molecule has 0 fully saturated rings. The van der Waals surface area contributed by atoms with Gasteiger partial charge in [0.1, 0.15) is 5.75 Å². The number of nitro benzene ring substituents is 1. The van der Waals surface area contributed by atoms with E-state index in [-0.39, 0.29) is 23.1 Å². The van der Waals surface area contributed by atoms with Crippen molar-refractivity contribution >= 4 is 39.6 Å². The lowest BCUT2D eigenvalue weighted by Crippen LogP contribution is -2.06. The quantitative estimate of drug-likeness (QED) is 0.161. The minimum absolute atomic E-state index is 0.0674. The molecule has 1 aliphatic rings. The van der Waals surface area contributed by atoms with Crippen LogP contribution in [0, 0.1) is 10.1 Å². The van der Waals surface area contributed by atoms with Crippen molar-refractivity contribution in [1.82, 2.24) is 0 Å². The van der Waals surface area contributed by atoms with Gasteiger partial charge in [0, 0.05) is 10.5 Å². The average Bonchev–Trinajstić information content (AvgIpc) is 3.14. The van der Waals surface area contributed by atoms with Crippen molar-refractivity contribution in [3.05, 3.63) is 104 Å². The van der Waals surface area contributed by atoms with Gasteiger partial charge in [-0.05, 0) is 64.0 Å². The molecule has 0 saturated heterocycles. The van der Waals surface area contributed by atoms with Gasteiger partial charge in [0.2, 0.25) is 11.6 Å². The smallest absolute Gasteiger partial charge is 0.416 e. The molecule has 0 amide bonds. The van der Waals surface area contributed by atoms with Crippen LogP contribution in [0.2, 0.25) is 0 Å². The fraction of sp³-hybridized carbons (Fsp3) is 0.0435. The second-order valence-electron chi connectivity index (χ2n) is 6.92. The lowest BCUT2D eigenvalue weighted by atomic mass is 10.1. The van der Waals surface area contributed by atoms with E-state index in [0.717, 1.165) is 6.07 Å². The molecule has 0 spiro atoms. The van der Waals surface area contributed by atoms with Crippen LogP contribution in [0.5, 0.6) is 11.5 Å². The maximum absolute atomic E-state index is 12.9. The highest BCUT2D eigenvalue weighted by atomic mass is 79.9. The Bertz CT molecular complexity index is 1350. The molecule has 172 valence electrons. The highest BCUT2D eigenvalue weighted by Crippen LogP contribution is 2.38. The van der Waals surface area contributed by atoms with Crippen molar-refractivity contribution in [1.29, 1.82) is 0 Å². The summed E-state index contributed by atoms with van der Waals surface area (Å²) in [5, 5.41) is 11.2. The van der Waals surface area contributed by atoms with Gasteiger partial charge in [0.15, 0.2) is 5.70 Å². The number of alkyl halides is 3. The molecule has 3 aromatic rings. The molecule has 0 aliphatic carbocycles. The number of ether oxygens (including phenoxy) is 2. The number of carbonyl (C=O) groups is 1. The molecular formula is C23H12BrF3N2O5. The highest BCUT2D eigenvalue weighted by molar-refractivity contribution is 9.10. The van der Waals surface area contributed by atoms with Gasteiger partial charge < -0.3 is 9.47 Å². The number of nitrogens with zero attached hydrogens (tertiary/aromatic N) is 2. The third kappa shape index (κ3) is 4.99. The van der Waals surface area contributed by atoms with E-state index < -0.39 is 28.3 Å². The van der Waals surface area contributed by atoms with E-state index in [2.05, 4.69) is 20.9 Å². The summed E-state index contributed by atoms with van der Waals surface area (Å²) >= 11 is 3.37. The second-order valence-corrected chi connectivity index (χ2v) is 7.78. The molecule has 0 unspecified atom stereocenters. The summed E-state index contributed by atoms with van der Waals surface area (Å²) in [6.45, 7) is 0. The van der Waals surface area contributed by atoms with Crippen molar-refractivity contribution < 1.29 is 32.4 Å². The van der Waals surface area contributed by atoms with Gasteiger partial charge in [-0.25, -0.2) is 9.79 Å². The number of hydrogen-bond acceptors (Lipinski definition) is 6. The van der Waals surface area contributed by atoms with Crippen LogP contribution in [0.15, 0.2) is 81.9 Å². The predicted octanol–water partition coefficient (Wildman–Crippen LogP) is 6.51. The number of cyclic esters (lactones) is 1. The number of esters is 1. The summed E-state index contributed by atoms with van der Waals surface area (Å²) < 4.78 is 49.9. The number of halogens is 4. The van der Waals surface area contributed by atoms with Crippen LogP contribution in [0.25, 0.3) is 6.08 Å². The van der Waals surface area contributed by atoms with E-state index in [1.54, 1.807) is 30.3 Å². The summed E-state index contributed by atoms with van der Waals surface area (Å²) in [4.78, 5) is 26.7. The van der Waals surface area contributed by atoms with Gasteiger partial charge in [0.25, 0.3) is 0 Å². The minimum atomic E-state index is -4.72.